The Bertz CT molecular complexity index is 1270. The van der Waals surface area contributed by atoms with Crippen LogP contribution in [0.3, 0.4) is 0 Å². The molecule has 2 heterocycles. The molecule has 32 heavy (non-hydrogen) atoms. The van der Waals surface area contributed by atoms with E-state index in [-0.39, 0.29) is 0 Å². The molecular weight excluding hydrogens is 472 g/mol. The minimum Gasteiger partial charge on any atom is -0.493 e. The average Bonchev–Trinajstić information content (AvgIpc) is 3.12. The smallest absolute Gasteiger partial charge is 0.265 e. The van der Waals surface area contributed by atoms with E-state index in [0.29, 0.717) is 24.1 Å². The molecule has 0 aliphatic heterocycles. The number of unbranched alkanes of at least 4 members (excludes halogenated alkanes) is 1. The Morgan fingerprint density at radius 1 is 1.19 bits per heavy atom. The second-order valence-electron chi connectivity index (χ2n) is 7.17. The van der Waals surface area contributed by atoms with Gasteiger partial charge in [-0.25, -0.2) is 5.43 Å². The van der Waals surface area contributed by atoms with Gasteiger partial charge in [-0.3, -0.25) is 0 Å². The zero-order valence-electron chi connectivity index (χ0n) is 18.3. The van der Waals surface area contributed by atoms with E-state index in [1.807, 2.05) is 31.2 Å². The number of methoxy groups -OCH3 is 1. The van der Waals surface area contributed by atoms with Gasteiger partial charge in [0.1, 0.15) is 5.52 Å². The van der Waals surface area contributed by atoms with Crippen LogP contribution in [0.5, 0.6) is 11.5 Å². The summed E-state index contributed by atoms with van der Waals surface area (Å²) in [6.07, 6.45) is 3.83. The average molecular weight is 497 g/mol. The van der Waals surface area contributed by atoms with Crippen molar-refractivity contribution in [2.45, 2.75) is 33.2 Å². The van der Waals surface area contributed by atoms with Crippen molar-refractivity contribution in [2.75, 3.05) is 19.1 Å². The van der Waals surface area contributed by atoms with Crippen molar-refractivity contribution < 1.29 is 9.47 Å². The Morgan fingerprint density at radius 2 is 2.03 bits per heavy atom. The van der Waals surface area contributed by atoms with E-state index in [2.05, 4.69) is 60.3 Å². The summed E-state index contributed by atoms with van der Waals surface area (Å²) in [5.41, 5.74) is 6.44. The van der Waals surface area contributed by atoms with Crippen LogP contribution in [0.15, 0.2) is 46.0 Å². The number of hydrogen-bond acceptors (Lipinski definition) is 7. The largest absolute Gasteiger partial charge is 0.493 e. The molecule has 0 unspecified atom stereocenters. The summed E-state index contributed by atoms with van der Waals surface area (Å²) in [5.74, 6) is 1.63. The lowest BCUT2D eigenvalue weighted by molar-refractivity contribution is 0.309. The predicted octanol–water partition coefficient (Wildman–Crippen LogP) is 5.40. The minimum absolute atomic E-state index is 0.339. The van der Waals surface area contributed by atoms with E-state index in [9.17, 15) is 0 Å². The highest BCUT2D eigenvalue weighted by molar-refractivity contribution is 9.10. The number of hydrogen-bond donors (Lipinski definition) is 1. The zero-order chi connectivity index (χ0) is 22.5. The van der Waals surface area contributed by atoms with Crippen molar-refractivity contribution in [1.82, 2.24) is 19.7 Å². The van der Waals surface area contributed by atoms with Gasteiger partial charge >= 0.3 is 0 Å². The first kappa shape index (κ1) is 22.0. The number of anilines is 1. The summed E-state index contributed by atoms with van der Waals surface area (Å²) in [4.78, 5) is 4.70. The third-order valence-electron chi connectivity index (χ3n) is 5.03. The molecule has 0 aliphatic rings. The SMILES string of the molecule is CCCCn1c2ccccc2c2nnc(N/N=C/c3cc(Br)c(OCC)c(OC)c3)nc21. The van der Waals surface area contributed by atoms with Crippen LogP contribution < -0.4 is 14.9 Å². The van der Waals surface area contributed by atoms with Gasteiger partial charge in [0.25, 0.3) is 5.95 Å². The summed E-state index contributed by atoms with van der Waals surface area (Å²) in [6.45, 7) is 5.53. The number of halogens is 1. The van der Waals surface area contributed by atoms with Gasteiger partial charge in [-0.15, -0.1) is 10.2 Å². The third-order valence-corrected chi connectivity index (χ3v) is 5.62. The van der Waals surface area contributed by atoms with Crippen molar-refractivity contribution in [3.05, 3.63) is 46.4 Å². The molecule has 0 atom stereocenters. The molecule has 0 radical (unpaired) electrons. The molecule has 8 nitrogen and oxygen atoms in total. The Labute approximate surface area is 194 Å². The van der Waals surface area contributed by atoms with E-state index in [1.165, 1.54) is 0 Å². The van der Waals surface area contributed by atoms with Gasteiger partial charge in [-0.05, 0) is 53.0 Å². The van der Waals surface area contributed by atoms with Gasteiger partial charge in [-0.2, -0.15) is 10.1 Å². The number of ether oxygens (including phenoxy) is 2. The highest BCUT2D eigenvalue weighted by Gasteiger charge is 2.14. The molecule has 0 amide bonds. The topological polar surface area (TPSA) is 86.5 Å². The van der Waals surface area contributed by atoms with Crippen LogP contribution in [0.1, 0.15) is 32.3 Å². The van der Waals surface area contributed by atoms with E-state index < -0.39 is 0 Å². The molecule has 9 heteroatoms. The molecule has 0 bridgehead atoms. The van der Waals surface area contributed by atoms with E-state index in [1.54, 1.807) is 13.3 Å². The lowest BCUT2D eigenvalue weighted by Gasteiger charge is -2.11. The molecule has 0 saturated carbocycles. The zero-order valence-corrected chi connectivity index (χ0v) is 19.9. The van der Waals surface area contributed by atoms with E-state index in [4.69, 9.17) is 14.5 Å². The maximum Gasteiger partial charge on any atom is 0.265 e. The molecule has 4 rings (SSSR count). The fraction of sp³-hybridized carbons (Fsp3) is 0.304. The summed E-state index contributed by atoms with van der Waals surface area (Å²) in [7, 11) is 1.61. The van der Waals surface area contributed by atoms with Gasteiger partial charge in [-0.1, -0.05) is 31.5 Å². The van der Waals surface area contributed by atoms with Crippen LogP contribution >= 0.6 is 15.9 Å². The molecule has 0 saturated heterocycles. The molecule has 2 aromatic carbocycles. The summed E-state index contributed by atoms with van der Waals surface area (Å²) >= 11 is 3.52. The normalized spacial score (nSPS) is 11.5. The monoisotopic (exact) mass is 496 g/mol. The highest BCUT2D eigenvalue weighted by atomic mass is 79.9. The van der Waals surface area contributed by atoms with Crippen LogP contribution in [-0.4, -0.2) is 39.7 Å². The molecule has 0 aliphatic carbocycles. The number of aryl methyl sites for hydroxylation is 1. The maximum atomic E-state index is 5.63. The number of nitrogens with zero attached hydrogens (tertiary/aromatic N) is 5. The van der Waals surface area contributed by atoms with Gasteiger partial charge in [0, 0.05) is 11.9 Å². The molecule has 0 spiro atoms. The van der Waals surface area contributed by atoms with Crippen molar-refractivity contribution >= 4 is 50.2 Å². The molecule has 1 N–H and O–H groups in total. The first-order valence-corrected chi connectivity index (χ1v) is 11.4. The van der Waals surface area contributed by atoms with Crippen molar-refractivity contribution in [3.63, 3.8) is 0 Å². The Kier molecular flexibility index (Phi) is 6.84. The summed E-state index contributed by atoms with van der Waals surface area (Å²) in [6, 6.07) is 11.9. The number of aromatic nitrogens is 4. The summed E-state index contributed by atoms with van der Waals surface area (Å²) in [5, 5.41) is 14.0. The number of rotatable bonds is 9. The lowest BCUT2D eigenvalue weighted by atomic mass is 10.2. The van der Waals surface area contributed by atoms with Gasteiger partial charge in [0.15, 0.2) is 17.1 Å². The van der Waals surface area contributed by atoms with Crippen LogP contribution in [0.2, 0.25) is 0 Å². The van der Waals surface area contributed by atoms with Crippen molar-refractivity contribution in [3.8, 4) is 11.5 Å². The molecule has 4 aromatic rings. The van der Waals surface area contributed by atoms with Crippen LogP contribution in [-0.2, 0) is 6.54 Å². The maximum absolute atomic E-state index is 5.63. The quantitative estimate of drug-likeness (QED) is 0.246. The predicted molar refractivity (Wildman–Crippen MR) is 131 cm³/mol. The van der Waals surface area contributed by atoms with Crippen LogP contribution in [0.4, 0.5) is 5.95 Å². The van der Waals surface area contributed by atoms with Gasteiger partial charge < -0.3 is 14.0 Å². The first-order chi connectivity index (χ1) is 15.7. The number of fused-ring (bicyclic) bond motifs is 3. The third kappa shape index (κ3) is 4.38. The number of hydrazone groups is 1. The number of para-hydroxylation sites is 1. The standard InChI is InChI=1S/C23H25BrN6O2/c1-4-6-11-30-18-10-8-7-9-16(18)20-22(30)26-23(29-27-20)28-25-14-15-12-17(24)21(32-5-2)19(13-15)31-3/h7-10,12-14H,4-6,11H2,1-3H3,(H,26,28,29)/b25-14+. The fourth-order valence-electron chi connectivity index (χ4n) is 3.56. The minimum atomic E-state index is 0.339. The van der Waals surface area contributed by atoms with Gasteiger partial charge in [0.2, 0.25) is 0 Å². The Hall–Kier alpha value is -3.20. The van der Waals surface area contributed by atoms with Crippen LogP contribution in [0.25, 0.3) is 22.1 Å². The molecule has 0 fully saturated rings. The lowest BCUT2D eigenvalue weighted by Crippen LogP contribution is -2.03. The van der Waals surface area contributed by atoms with Crippen molar-refractivity contribution in [1.29, 1.82) is 0 Å². The number of nitrogens with one attached hydrogen (secondary N) is 1. The van der Waals surface area contributed by atoms with Gasteiger partial charge in [0.05, 0.1) is 29.9 Å². The second kappa shape index (κ2) is 9.95. The number of benzene rings is 2. The highest BCUT2D eigenvalue weighted by Crippen LogP contribution is 2.36. The molecular formula is C23H25BrN6O2. The first-order valence-electron chi connectivity index (χ1n) is 10.6. The van der Waals surface area contributed by atoms with Crippen molar-refractivity contribution in [2.24, 2.45) is 5.10 Å². The van der Waals surface area contributed by atoms with E-state index >= 15 is 0 Å². The molecule has 2 aromatic heterocycles. The second-order valence-corrected chi connectivity index (χ2v) is 8.02. The van der Waals surface area contributed by atoms with E-state index in [0.717, 1.165) is 51.5 Å². The molecule has 166 valence electrons. The Balaban J connectivity index is 1.62. The fourth-order valence-corrected chi connectivity index (χ4v) is 4.13. The summed E-state index contributed by atoms with van der Waals surface area (Å²) < 4.78 is 14.1. The Morgan fingerprint density at radius 3 is 2.81 bits per heavy atom. The van der Waals surface area contributed by atoms with Crippen LogP contribution in [0, 0.1) is 0 Å².